The van der Waals surface area contributed by atoms with E-state index in [4.69, 9.17) is 4.74 Å². The molecular formula is C23H27N3O2. The molecule has 146 valence electrons. The van der Waals surface area contributed by atoms with Gasteiger partial charge in [-0.3, -0.25) is 9.48 Å². The van der Waals surface area contributed by atoms with E-state index in [0.29, 0.717) is 18.7 Å². The number of nitrogens with zero attached hydrogens (tertiary/aromatic N) is 2. The minimum Gasteiger partial charge on any atom is -0.489 e. The van der Waals surface area contributed by atoms with Crippen LogP contribution in [0.1, 0.15) is 44.0 Å². The standard InChI is InChI=1S/C23H27N3O2/c1-15-9-10-22(16(2)11-15)28-14-19-7-6-8-20(12-19)23(27)24-13-21-17(3)25-26(5)18(21)4/h6-12H,13-14H2,1-5H3,(H,24,27). The molecule has 2 aromatic carbocycles. The quantitative estimate of drug-likeness (QED) is 0.702. The largest absolute Gasteiger partial charge is 0.489 e. The van der Waals surface area contributed by atoms with E-state index in [1.807, 2.05) is 68.9 Å². The second-order valence-corrected chi connectivity index (χ2v) is 7.21. The molecule has 0 unspecified atom stereocenters. The molecule has 0 spiro atoms. The zero-order chi connectivity index (χ0) is 20.3. The van der Waals surface area contributed by atoms with Crippen LogP contribution in [0, 0.1) is 27.7 Å². The maximum atomic E-state index is 12.6. The van der Waals surface area contributed by atoms with Crippen LogP contribution in [-0.2, 0) is 20.2 Å². The SMILES string of the molecule is Cc1ccc(OCc2cccc(C(=O)NCc3c(C)nn(C)c3C)c2)c(C)c1. The Morgan fingerprint density at radius 3 is 2.57 bits per heavy atom. The summed E-state index contributed by atoms with van der Waals surface area (Å²) in [7, 11) is 1.91. The number of hydrogen-bond donors (Lipinski definition) is 1. The van der Waals surface area contributed by atoms with Crippen molar-refractivity contribution in [3.8, 4) is 5.75 Å². The number of nitrogens with one attached hydrogen (secondary N) is 1. The zero-order valence-electron chi connectivity index (χ0n) is 17.2. The van der Waals surface area contributed by atoms with Crippen LogP contribution in [0.15, 0.2) is 42.5 Å². The van der Waals surface area contributed by atoms with Gasteiger partial charge in [-0.05, 0) is 57.0 Å². The van der Waals surface area contributed by atoms with Crippen molar-refractivity contribution in [3.05, 3.63) is 81.7 Å². The number of carbonyl (C=O) groups excluding carboxylic acids is 1. The Kier molecular flexibility index (Phi) is 5.83. The van der Waals surface area contributed by atoms with Gasteiger partial charge in [0.25, 0.3) is 5.91 Å². The van der Waals surface area contributed by atoms with E-state index in [-0.39, 0.29) is 5.91 Å². The molecule has 0 aliphatic heterocycles. The summed E-state index contributed by atoms with van der Waals surface area (Å²) in [5.41, 5.74) is 6.97. The van der Waals surface area contributed by atoms with Crippen molar-refractivity contribution in [1.82, 2.24) is 15.1 Å². The molecule has 0 radical (unpaired) electrons. The van der Waals surface area contributed by atoms with Crippen LogP contribution in [0.3, 0.4) is 0 Å². The molecule has 0 aliphatic carbocycles. The van der Waals surface area contributed by atoms with Gasteiger partial charge in [0.15, 0.2) is 0 Å². The second kappa shape index (κ2) is 8.30. The van der Waals surface area contributed by atoms with Gasteiger partial charge in [0.1, 0.15) is 12.4 Å². The van der Waals surface area contributed by atoms with Crippen LogP contribution >= 0.6 is 0 Å². The normalized spacial score (nSPS) is 10.8. The van der Waals surface area contributed by atoms with Crippen molar-refractivity contribution < 1.29 is 9.53 Å². The molecule has 1 N–H and O–H groups in total. The summed E-state index contributed by atoms with van der Waals surface area (Å²) in [5.74, 6) is 0.763. The predicted octanol–water partition coefficient (Wildman–Crippen LogP) is 4.16. The first-order valence-electron chi connectivity index (χ1n) is 9.41. The van der Waals surface area contributed by atoms with Gasteiger partial charge in [-0.1, -0.05) is 29.8 Å². The topological polar surface area (TPSA) is 56.1 Å². The van der Waals surface area contributed by atoms with Crippen LogP contribution in [-0.4, -0.2) is 15.7 Å². The Bertz CT molecular complexity index is 1010. The summed E-state index contributed by atoms with van der Waals surface area (Å²) in [6.07, 6.45) is 0. The van der Waals surface area contributed by atoms with E-state index in [1.165, 1.54) is 5.56 Å². The molecule has 5 heteroatoms. The van der Waals surface area contributed by atoms with Crippen LogP contribution in [0.4, 0.5) is 0 Å². The van der Waals surface area contributed by atoms with Crippen molar-refractivity contribution >= 4 is 5.91 Å². The zero-order valence-corrected chi connectivity index (χ0v) is 17.2. The molecule has 0 aliphatic rings. The summed E-state index contributed by atoms with van der Waals surface area (Å²) < 4.78 is 7.77. The maximum absolute atomic E-state index is 12.6. The summed E-state index contributed by atoms with van der Waals surface area (Å²) >= 11 is 0. The Hall–Kier alpha value is -3.08. The Balaban J connectivity index is 1.64. The Labute approximate surface area is 166 Å². The molecule has 3 rings (SSSR count). The Morgan fingerprint density at radius 2 is 1.89 bits per heavy atom. The molecule has 3 aromatic rings. The van der Waals surface area contributed by atoms with E-state index in [0.717, 1.165) is 33.8 Å². The lowest BCUT2D eigenvalue weighted by atomic mass is 10.1. The highest BCUT2D eigenvalue weighted by molar-refractivity contribution is 5.94. The molecule has 0 saturated heterocycles. The number of benzene rings is 2. The number of aryl methyl sites for hydroxylation is 4. The Morgan fingerprint density at radius 1 is 1.11 bits per heavy atom. The van der Waals surface area contributed by atoms with E-state index < -0.39 is 0 Å². The lowest BCUT2D eigenvalue weighted by Gasteiger charge is -2.11. The summed E-state index contributed by atoms with van der Waals surface area (Å²) in [4.78, 5) is 12.6. The third-order valence-electron chi connectivity index (χ3n) is 5.00. The highest BCUT2D eigenvalue weighted by atomic mass is 16.5. The predicted molar refractivity (Wildman–Crippen MR) is 111 cm³/mol. The third-order valence-corrected chi connectivity index (χ3v) is 5.00. The minimum atomic E-state index is -0.101. The van der Waals surface area contributed by atoms with Gasteiger partial charge in [0.2, 0.25) is 0 Å². The summed E-state index contributed by atoms with van der Waals surface area (Å²) in [6.45, 7) is 8.95. The van der Waals surface area contributed by atoms with E-state index in [1.54, 1.807) is 0 Å². The molecule has 1 amide bonds. The lowest BCUT2D eigenvalue weighted by molar-refractivity contribution is 0.0950. The summed E-state index contributed by atoms with van der Waals surface area (Å²) in [6, 6.07) is 13.7. The number of amides is 1. The van der Waals surface area contributed by atoms with Crippen molar-refractivity contribution in [2.45, 2.75) is 40.8 Å². The smallest absolute Gasteiger partial charge is 0.251 e. The molecular weight excluding hydrogens is 350 g/mol. The molecule has 1 aromatic heterocycles. The number of hydrogen-bond acceptors (Lipinski definition) is 3. The van der Waals surface area contributed by atoms with Crippen molar-refractivity contribution in [3.63, 3.8) is 0 Å². The fourth-order valence-electron chi connectivity index (χ4n) is 3.27. The van der Waals surface area contributed by atoms with Gasteiger partial charge in [0, 0.05) is 30.4 Å². The van der Waals surface area contributed by atoms with Crippen LogP contribution in [0.2, 0.25) is 0 Å². The third kappa shape index (κ3) is 4.42. The van der Waals surface area contributed by atoms with Gasteiger partial charge in [-0.15, -0.1) is 0 Å². The van der Waals surface area contributed by atoms with Crippen molar-refractivity contribution in [1.29, 1.82) is 0 Å². The van der Waals surface area contributed by atoms with Crippen molar-refractivity contribution in [2.75, 3.05) is 0 Å². The fraction of sp³-hybridized carbons (Fsp3) is 0.304. The number of carbonyl (C=O) groups is 1. The monoisotopic (exact) mass is 377 g/mol. The molecule has 0 atom stereocenters. The van der Waals surface area contributed by atoms with Crippen LogP contribution in [0.5, 0.6) is 5.75 Å². The van der Waals surface area contributed by atoms with Crippen molar-refractivity contribution in [2.24, 2.45) is 7.05 Å². The molecule has 0 bridgehead atoms. The molecule has 0 saturated carbocycles. The highest BCUT2D eigenvalue weighted by Crippen LogP contribution is 2.20. The van der Waals surface area contributed by atoms with Crippen LogP contribution in [0.25, 0.3) is 0 Å². The number of ether oxygens (including phenoxy) is 1. The van der Waals surface area contributed by atoms with E-state index in [9.17, 15) is 4.79 Å². The molecule has 28 heavy (non-hydrogen) atoms. The average Bonchev–Trinajstić information content (AvgIpc) is 2.91. The average molecular weight is 377 g/mol. The first-order chi connectivity index (χ1) is 13.3. The van der Waals surface area contributed by atoms with Gasteiger partial charge in [-0.2, -0.15) is 5.10 Å². The number of aromatic nitrogens is 2. The van der Waals surface area contributed by atoms with E-state index >= 15 is 0 Å². The maximum Gasteiger partial charge on any atom is 0.251 e. The first-order valence-corrected chi connectivity index (χ1v) is 9.41. The molecule has 0 fully saturated rings. The molecule has 1 heterocycles. The second-order valence-electron chi connectivity index (χ2n) is 7.21. The fourth-order valence-corrected chi connectivity index (χ4v) is 3.27. The van der Waals surface area contributed by atoms with Gasteiger partial charge in [-0.25, -0.2) is 0 Å². The van der Waals surface area contributed by atoms with E-state index in [2.05, 4.69) is 23.4 Å². The lowest BCUT2D eigenvalue weighted by Crippen LogP contribution is -2.23. The number of rotatable bonds is 6. The van der Waals surface area contributed by atoms with Gasteiger partial charge < -0.3 is 10.1 Å². The van der Waals surface area contributed by atoms with Crippen LogP contribution < -0.4 is 10.1 Å². The van der Waals surface area contributed by atoms with Gasteiger partial charge >= 0.3 is 0 Å². The van der Waals surface area contributed by atoms with Gasteiger partial charge in [0.05, 0.1) is 5.69 Å². The minimum absolute atomic E-state index is 0.101. The first kappa shape index (κ1) is 19.7. The highest BCUT2D eigenvalue weighted by Gasteiger charge is 2.12. The molecule has 5 nitrogen and oxygen atoms in total. The summed E-state index contributed by atoms with van der Waals surface area (Å²) in [5, 5.41) is 7.38.